The maximum Gasteiger partial charge on any atom is 0.281 e. The van der Waals surface area contributed by atoms with E-state index in [1.165, 1.54) is 3.75 Å². The molecule has 0 N–H and O–H groups in total. The van der Waals surface area contributed by atoms with Crippen LogP contribution in [0.3, 0.4) is 0 Å². The summed E-state index contributed by atoms with van der Waals surface area (Å²) in [5, 5.41) is 0. The average Bonchev–Trinajstić information content (AvgIpc) is 1.38. The first-order valence-electron chi connectivity index (χ1n) is 0.805. The van der Waals surface area contributed by atoms with E-state index in [1.807, 2.05) is 0 Å². The summed E-state index contributed by atoms with van der Waals surface area (Å²) in [5.74, 6) is 0. The second-order valence-electron chi connectivity index (χ2n) is 0.365. The Morgan fingerprint density at radius 1 is 1.80 bits per heavy atom. The molecule has 0 rings (SSSR count). The molecule has 0 aliphatic rings. The van der Waals surface area contributed by atoms with Gasteiger partial charge in [0.2, 0.25) is 0 Å². The van der Waals surface area contributed by atoms with Crippen LogP contribution >= 0.6 is 22.9 Å². The van der Waals surface area contributed by atoms with Crippen molar-refractivity contribution in [3.63, 3.8) is 0 Å². The van der Waals surface area contributed by atoms with Crippen molar-refractivity contribution >= 4 is 42.3 Å². The van der Waals surface area contributed by atoms with Crippen molar-refractivity contribution in [2.45, 2.75) is 0 Å². The van der Waals surface area contributed by atoms with Crippen LogP contribution in [0.5, 0.6) is 0 Å². The molecule has 1 nitrogen and oxygen atoms in total. The van der Waals surface area contributed by atoms with E-state index in [-0.39, 0.29) is 8.99 Å². The van der Waals surface area contributed by atoms with Gasteiger partial charge in [-0.2, -0.15) is 0 Å². The lowest BCUT2D eigenvalue weighted by atomic mass is 13.8. The van der Waals surface area contributed by atoms with E-state index < -0.39 is 0 Å². The van der Waals surface area contributed by atoms with Crippen LogP contribution in [0.1, 0.15) is 0 Å². The molecule has 5 radical (unpaired) electrons. The summed E-state index contributed by atoms with van der Waals surface area (Å²) in [6, 6.07) is 0. The standard InChI is InChI=1S/Cl2NSi2/c1-3(4)5-2. The van der Waals surface area contributed by atoms with Crippen LogP contribution in [0.4, 0.5) is 0 Å². The third kappa shape index (κ3) is 4.97. The van der Waals surface area contributed by atoms with Gasteiger partial charge in [-0.15, -0.1) is 11.1 Å². The van der Waals surface area contributed by atoms with Crippen molar-refractivity contribution in [3.8, 4) is 0 Å². The summed E-state index contributed by atoms with van der Waals surface area (Å²) in [4.78, 5) is 0. The monoisotopic (exact) mass is 140 g/mol. The van der Waals surface area contributed by atoms with Crippen LogP contribution in [-0.2, 0) is 0 Å². The quantitative estimate of drug-likeness (QED) is 0.288. The third-order valence-corrected chi connectivity index (χ3v) is 2.00. The molecule has 0 unspecified atom stereocenters. The molecule has 0 aliphatic carbocycles. The average molecular weight is 141 g/mol. The third-order valence-electron chi connectivity index (χ3n) is 0.0742. The molecule has 0 aliphatic heterocycles. The Kier molecular flexibility index (Phi) is 3.79. The molecule has 0 bridgehead atoms. The van der Waals surface area contributed by atoms with Crippen LogP contribution in [-0.4, -0.2) is 23.1 Å². The van der Waals surface area contributed by atoms with Crippen molar-refractivity contribution < 1.29 is 0 Å². The van der Waals surface area contributed by atoms with Crippen molar-refractivity contribution in [2.24, 2.45) is 0 Å². The van der Waals surface area contributed by atoms with Gasteiger partial charge in [-0.05, 0) is 11.8 Å². The fourth-order valence-corrected chi connectivity index (χ4v) is 0. The molecule has 0 aromatic rings. The maximum atomic E-state index is 5.11. The molecule has 5 heteroatoms. The van der Waals surface area contributed by atoms with E-state index >= 15 is 0 Å². The fraction of sp³-hybridized carbons (Fsp3) is 0. The Morgan fingerprint density at radius 3 is 2.00 bits per heavy atom. The minimum Gasteiger partial charge on any atom is -0.252 e. The second kappa shape index (κ2) is 3.17. The largest absolute Gasteiger partial charge is 0.281 e. The molecule has 0 aromatic carbocycles. The van der Waals surface area contributed by atoms with Crippen LogP contribution in [0, 0.1) is 0 Å². The Balaban J connectivity index is 2.54. The predicted octanol–water partition coefficient (Wildman–Crippen LogP) is 0.299. The lowest BCUT2D eigenvalue weighted by Gasteiger charge is -1.90. The maximum absolute atomic E-state index is 5.11. The molecule has 0 amide bonds. The molecule has 0 aromatic heterocycles. The highest BCUT2D eigenvalue weighted by Gasteiger charge is 1.83. The molecule has 0 saturated heterocycles. The van der Waals surface area contributed by atoms with Gasteiger partial charge >= 0.3 is 0 Å². The first-order chi connectivity index (χ1) is 2.27. The summed E-state index contributed by atoms with van der Waals surface area (Å²) < 4.78 is 1.20. The lowest BCUT2D eigenvalue weighted by molar-refractivity contribution is 1.18. The molecule has 0 saturated carbocycles. The summed E-state index contributed by atoms with van der Waals surface area (Å²) in [5.41, 5.74) is 0. The van der Waals surface area contributed by atoms with E-state index in [4.69, 9.17) is 22.9 Å². The SMILES string of the molecule is [Si]N(Cl)[Si]Cl. The summed E-state index contributed by atoms with van der Waals surface area (Å²) in [7, 11) is 2.99. The number of halogens is 2. The first-order valence-corrected chi connectivity index (χ1v) is 3.55. The molecule has 0 spiro atoms. The van der Waals surface area contributed by atoms with Crippen molar-refractivity contribution in [1.82, 2.24) is 3.75 Å². The summed E-state index contributed by atoms with van der Waals surface area (Å²) in [6.07, 6.45) is 0. The van der Waals surface area contributed by atoms with E-state index in [9.17, 15) is 0 Å². The molecule has 0 fully saturated rings. The highest BCUT2D eigenvalue weighted by molar-refractivity contribution is 6.96. The van der Waals surface area contributed by atoms with Crippen molar-refractivity contribution in [2.75, 3.05) is 0 Å². The van der Waals surface area contributed by atoms with Gasteiger partial charge in [-0.25, -0.2) is 0 Å². The number of nitrogens with zero attached hydrogens (tertiary/aromatic N) is 1. The van der Waals surface area contributed by atoms with Gasteiger partial charge in [-0.3, -0.25) is 3.75 Å². The number of hydrogen-bond donors (Lipinski definition) is 0. The lowest BCUT2D eigenvalue weighted by Crippen LogP contribution is -2.05. The fourth-order valence-electron chi connectivity index (χ4n) is 0. The highest BCUT2D eigenvalue weighted by Crippen LogP contribution is 1.81. The van der Waals surface area contributed by atoms with E-state index in [0.717, 1.165) is 0 Å². The van der Waals surface area contributed by atoms with Crippen molar-refractivity contribution in [1.29, 1.82) is 0 Å². The first kappa shape index (κ1) is 5.97. The molecule has 27 valence electrons. The highest BCUT2D eigenvalue weighted by atomic mass is 35.6. The van der Waals surface area contributed by atoms with Gasteiger partial charge in [0.1, 0.15) is 0 Å². The van der Waals surface area contributed by atoms with Gasteiger partial charge in [0.05, 0.1) is 0 Å². The molecule has 0 atom stereocenters. The van der Waals surface area contributed by atoms with Gasteiger partial charge < -0.3 is 0 Å². The molecule has 5 heavy (non-hydrogen) atoms. The van der Waals surface area contributed by atoms with Crippen LogP contribution in [0.25, 0.3) is 0 Å². The van der Waals surface area contributed by atoms with Gasteiger partial charge in [0, 0.05) is 0 Å². The Morgan fingerprint density at radius 2 is 2.00 bits per heavy atom. The van der Waals surface area contributed by atoms with E-state index in [0.29, 0.717) is 0 Å². The number of hydrogen-bond acceptors (Lipinski definition) is 1. The zero-order valence-electron chi connectivity index (χ0n) is 2.20. The zero-order chi connectivity index (χ0) is 4.28. The Hall–Kier alpha value is 0.974. The Bertz CT molecular complexity index is 21.6. The van der Waals surface area contributed by atoms with E-state index in [2.05, 4.69) is 10.4 Å². The van der Waals surface area contributed by atoms with Gasteiger partial charge in [0.25, 0.3) is 8.99 Å². The van der Waals surface area contributed by atoms with Gasteiger partial charge in [-0.1, -0.05) is 0 Å². The molecule has 0 heterocycles. The van der Waals surface area contributed by atoms with Crippen LogP contribution in [0.2, 0.25) is 0 Å². The van der Waals surface area contributed by atoms with Crippen molar-refractivity contribution in [3.05, 3.63) is 0 Å². The van der Waals surface area contributed by atoms with Crippen LogP contribution in [0.15, 0.2) is 0 Å². The predicted molar refractivity (Wildman–Crippen MR) is 25.1 cm³/mol. The summed E-state index contributed by atoms with van der Waals surface area (Å²) >= 11 is 10.2. The summed E-state index contributed by atoms with van der Waals surface area (Å²) in [6.45, 7) is 0. The van der Waals surface area contributed by atoms with Gasteiger partial charge in [0.15, 0.2) is 10.4 Å². The number of rotatable bonds is 1. The van der Waals surface area contributed by atoms with Crippen LogP contribution < -0.4 is 0 Å². The topological polar surface area (TPSA) is 3.24 Å². The minimum absolute atomic E-state index is 0.0988. The zero-order valence-corrected chi connectivity index (χ0v) is 5.72. The second-order valence-corrected chi connectivity index (χ2v) is 3.29. The van der Waals surface area contributed by atoms with E-state index in [1.54, 1.807) is 0 Å². The Labute approximate surface area is 46.5 Å². The molecular formula is Cl2NSi2. The minimum atomic E-state index is 0.0988. The normalized spacial score (nSPS) is 9.60. The smallest absolute Gasteiger partial charge is 0.252 e. The molecular weight excluding hydrogens is 141 g/mol.